The lowest BCUT2D eigenvalue weighted by atomic mass is 10.2. The van der Waals surface area contributed by atoms with Gasteiger partial charge in [0, 0.05) is 0 Å². The van der Waals surface area contributed by atoms with Crippen LogP contribution in [0.5, 0.6) is 0 Å². The highest BCUT2D eigenvalue weighted by Gasteiger charge is 2.05. The highest BCUT2D eigenvalue weighted by molar-refractivity contribution is 7.18. The van der Waals surface area contributed by atoms with Crippen molar-refractivity contribution in [3.8, 4) is 0 Å². The molecule has 2 aromatic carbocycles. The molecule has 2 nitrogen and oxygen atoms in total. The fourth-order valence-electron chi connectivity index (χ4n) is 1.93. The van der Waals surface area contributed by atoms with E-state index in [9.17, 15) is 4.39 Å². The number of nitrogens with one attached hydrogen (secondary N) is 1. The molecule has 0 radical (unpaired) electrons. The molecule has 0 bridgehead atoms. The number of benzene rings is 2. The van der Waals surface area contributed by atoms with Crippen molar-refractivity contribution >= 4 is 27.2 Å². The maximum absolute atomic E-state index is 13.7. The van der Waals surface area contributed by atoms with Gasteiger partial charge in [-0.1, -0.05) is 18.2 Å². The number of anilines is 1. The number of hydrogen-bond acceptors (Lipinski definition) is 3. The standard InChI is InChI=1S/C15H13FN2S/c1-10-6-7-12(11(16)8-10)17-9-15-18-13-4-2-3-5-14(13)19-15/h2-8,17H,9H2,1H3. The van der Waals surface area contributed by atoms with Crippen LogP contribution in [0.4, 0.5) is 10.1 Å². The van der Waals surface area contributed by atoms with E-state index in [0.717, 1.165) is 20.8 Å². The third-order valence-corrected chi connectivity index (χ3v) is 3.93. The van der Waals surface area contributed by atoms with Crippen LogP contribution >= 0.6 is 11.3 Å². The third-order valence-electron chi connectivity index (χ3n) is 2.89. The van der Waals surface area contributed by atoms with Gasteiger partial charge in [-0.3, -0.25) is 0 Å². The summed E-state index contributed by atoms with van der Waals surface area (Å²) < 4.78 is 14.8. The molecular weight excluding hydrogens is 259 g/mol. The number of rotatable bonds is 3. The van der Waals surface area contributed by atoms with E-state index in [4.69, 9.17) is 0 Å². The molecule has 4 heteroatoms. The van der Waals surface area contributed by atoms with Gasteiger partial charge in [0.15, 0.2) is 0 Å². The molecule has 0 fully saturated rings. The fourth-order valence-corrected chi connectivity index (χ4v) is 2.84. The number of aromatic nitrogens is 1. The van der Waals surface area contributed by atoms with E-state index in [1.165, 1.54) is 6.07 Å². The molecule has 1 aromatic heterocycles. The van der Waals surface area contributed by atoms with Gasteiger partial charge in [-0.2, -0.15) is 0 Å². The normalized spacial score (nSPS) is 10.8. The summed E-state index contributed by atoms with van der Waals surface area (Å²) in [6, 6.07) is 13.2. The van der Waals surface area contributed by atoms with E-state index < -0.39 is 0 Å². The zero-order chi connectivity index (χ0) is 13.2. The lowest BCUT2D eigenvalue weighted by Crippen LogP contribution is -2.01. The average molecular weight is 272 g/mol. The van der Waals surface area contributed by atoms with Gasteiger partial charge in [-0.25, -0.2) is 9.37 Å². The Balaban J connectivity index is 1.78. The van der Waals surface area contributed by atoms with Gasteiger partial charge in [0.1, 0.15) is 10.8 Å². The Morgan fingerprint density at radius 1 is 1.21 bits per heavy atom. The van der Waals surface area contributed by atoms with Crippen LogP contribution in [0.3, 0.4) is 0 Å². The van der Waals surface area contributed by atoms with Crippen LogP contribution in [-0.2, 0) is 6.54 Å². The van der Waals surface area contributed by atoms with Crippen molar-refractivity contribution in [2.75, 3.05) is 5.32 Å². The minimum Gasteiger partial charge on any atom is -0.376 e. The van der Waals surface area contributed by atoms with Crippen LogP contribution in [0.1, 0.15) is 10.6 Å². The quantitative estimate of drug-likeness (QED) is 0.766. The smallest absolute Gasteiger partial charge is 0.146 e. The predicted molar refractivity (Wildman–Crippen MR) is 78.1 cm³/mol. The first kappa shape index (κ1) is 12.1. The predicted octanol–water partition coefficient (Wildman–Crippen LogP) is 4.36. The minimum absolute atomic E-state index is 0.221. The molecular formula is C15H13FN2S. The van der Waals surface area contributed by atoms with Crippen LogP contribution in [-0.4, -0.2) is 4.98 Å². The van der Waals surface area contributed by atoms with E-state index >= 15 is 0 Å². The monoisotopic (exact) mass is 272 g/mol. The summed E-state index contributed by atoms with van der Waals surface area (Å²) in [4.78, 5) is 4.51. The van der Waals surface area contributed by atoms with E-state index in [-0.39, 0.29) is 5.82 Å². The maximum atomic E-state index is 13.7. The third kappa shape index (κ3) is 2.58. The molecule has 0 aliphatic carbocycles. The Hall–Kier alpha value is -1.94. The summed E-state index contributed by atoms with van der Waals surface area (Å²) in [5, 5.41) is 4.05. The molecule has 0 aliphatic heterocycles. The minimum atomic E-state index is -0.221. The first-order chi connectivity index (χ1) is 9.22. The Labute approximate surface area is 114 Å². The van der Waals surface area contributed by atoms with Crippen molar-refractivity contribution in [1.29, 1.82) is 0 Å². The summed E-state index contributed by atoms with van der Waals surface area (Å²) in [6.45, 7) is 2.42. The molecule has 96 valence electrons. The summed E-state index contributed by atoms with van der Waals surface area (Å²) in [6.07, 6.45) is 0. The number of hydrogen-bond donors (Lipinski definition) is 1. The summed E-state index contributed by atoms with van der Waals surface area (Å²) >= 11 is 1.63. The van der Waals surface area contributed by atoms with Crippen molar-refractivity contribution in [3.05, 3.63) is 58.9 Å². The molecule has 3 rings (SSSR count). The van der Waals surface area contributed by atoms with Crippen molar-refractivity contribution in [2.45, 2.75) is 13.5 Å². The topological polar surface area (TPSA) is 24.9 Å². The first-order valence-corrected chi connectivity index (χ1v) is 6.88. The molecule has 0 saturated heterocycles. The zero-order valence-corrected chi connectivity index (χ0v) is 11.3. The highest BCUT2D eigenvalue weighted by atomic mass is 32.1. The lowest BCUT2D eigenvalue weighted by molar-refractivity contribution is 0.629. The van der Waals surface area contributed by atoms with E-state index in [2.05, 4.69) is 10.3 Å². The van der Waals surface area contributed by atoms with Gasteiger partial charge in [0.25, 0.3) is 0 Å². The van der Waals surface area contributed by atoms with Crippen LogP contribution in [0.2, 0.25) is 0 Å². The Morgan fingerprint density at radius 2 is 2.05 bits per heavy atom. The van der Waals surface area contributed by atoms with Gasteiger partial charge < -0.3 is 5.32 Å². The summed E-state index contributed by atoms with van der Waals surface area (Å²) in [5.41, 5.74) is 2.43. The maximum Gasteiger partial charge on any atom is 0.146 e. The molecule has 0 unspecified atom stereocenters. The molecule has 19 heavy (non-hydrogen) atoms. The first-order valence-electron chi connectivity index (χ1n) is 6.07. The molecule has 1 N–H and O–H groups in total. The van der Waals surface area contributed by atoms with Crippen LogP contribution in [0.25, 0.3) is 10.2 Å². The Bertz CT molecular complexity index is 688. The number of nitrogens with zero attached hydrogens (tertiary/aromatic N) is 1. The van der Waals surface area contributed by atoms with Gasteiger partial charge in [0.05, 0.1) is 22.4 Å². The second-order valence-corrected chi connectivity index (χ2v) is 5.53. The van der Waals surface area contributed by atoms with Crippen LogP contribution < -0.4 is 5.32 Å². The van der Waals surface area contributed by atoms with Gasteiger partial charge in [-0.15, -0.1) is 11.3 Å². The van der Waals surface area contributed by atoms with Crippen molar-refractivity contribution < 1.29 is 4.39 Å². The summed E-state index contributed by atoms with van der Waals surface area (Å²) in [5.74, 6) is -0.221. The average Bonchev–Trinajstić information content (AvgIpc) is 2.80. The summed E-state index contributed by atoms with van der Waals surface area (Å²) in [7, 11) is 0. The SMILES string of the molecule is Cc1ccc(NCc2nc3ccccc3s2)c(F)c1. The van der Waals surface area contributed by atoms with Crippen molar-refractivity contribution in [3.63, 3.8) is 0 Å². The number of halogens is 1. The number of para-hydroxylation sites is 1. The Morgan fingerprint density at radius 3 is 2.84 bits per heavy atom. The van der Waals surface area contributed by atoms with E-state index in [1.54, 1.807) is 17.4 Å². The van der Waals surface area contributed by atoms with Gasteiger partial charge in [0.2, 0.25) is 0 Å². The fraction of sp³-hybridized carbons (Fsp3) is 0.133. The number of aryl methyl sites for hydroxylation is 1. The Kier molecular flexibility index (Phi) is 3.17. The molecule has 0 spiro atoms. The lowest BCUT2D eigenvalue weighted by Gasteiger charge is -2.06. The van der Waals surface area contributed by atoms with E-state index in [0.29, 0.717) is 12.2 Å². The second-order valence-electron chi connectivity index (χ2n) is 4.41. The molecule has 0 atom stereocenters. The molecule has 0 saturated carbocycles. The van der Waals surface area contributed by atoms with E-state index in [1.807, 2.05) is 37.3 Å². The largest absolute Gasteiger partial charge is 0.376 e. The van der Waals surface area contributed by atoms with Crippen LogP contribution in [0, 0.1) is 12.7 Å². The van der Waals surface area contributed by atoms with Crippen molar-refractivity contribution in [2.24, 2.45) is 0 Å². The number of thiazole rings is 1. The zero-order valence-electron chi connectivity index (χ0n) is 10.5. The molecule has 3 aromatic rings. The van der Waals surface area contributed by atoms with Gasteiger partial charge in [-0.05, 0) is 36.8 Å². The molecule has 0 aliphatic rings. The highest BCUT2D eigenvalue weighted by Crippen LogP contribution is 2.23. The molecule has 1 heterocycles. The van der Waals surface area contributed by atoms with Crippen molar-refractivity contribution in [1.82, 2.24) is 4.98 Å². The second kappa shape index (κ2) is 4.97. The van der Waals surface area contributed by atoms with Gasteiger partial charge >= 0.3 is 0 Å². The van der Waals surface area contributed by atoms with Crippen LogP contribution in [0.15, 0.2) is 42.5 Å². The number of fused-ring (bicyclic) bond motifs is 1. The molecule has 0 amide bonds.